The van der Waals surface area contributed by atoms with Gasteiger partial charge in [0.1, 0.15) is 0 Å². The van der Waals surface area contributed by atoms with Gasteiger partial charge in [-0.2, -0.15) is 0 Å². The molecular formula is C5H2NOPS2. The standard InChI is InChI=1S/C5H2NOPS2/c7-8-1-5(9)4-2-10-3-6-4/h2-3H. The predicted molar refractivity (Wildman–Crippen MR) is 45.3 cm³/mol. The quantitative estimate of drug-likeness (QED) is 0.383. The summed E-state index contributed by atoms with van der Waals surface area (Å²) in [6, 6.07) is 0. The Kier molecular flexibility index (Phi) is 2.97. The Bertz CT molecular complexity index is 326. The molecule has 50 valence electrons. The van der Waals surface area contributed by atoms with Crippen LogP contribution in [0.2, 0.25) is 0 Å². The van der Waals surface area contributed by atoms with Gasteiger partial charge in [-0.15, -0.1) is 0 Å². The van der Waals surface area contributed by atoms with Crippen molar-refractivity contribution in [3.63, 3.8) is 0 Å². The van der Waals surface area contributed by atoms with Crippen molar-refractivity contribution in [1.82, 2.24) is 4.98 Å². The second kappa shape index (κ2) is 3.79. The van der Waals surface area contributed by atoms with Gasteiger partial charge in [-0.25, -0.2) is 0 Å². The van der Waals surface area contributed by atoms with Crippen LogP contribution in [0.5, 0.6) is 0 Å². The molecule has 0 aliphatic heterocycles. The minimum atomic E-state index is -0.185. The van der Waals surface area contributed by atoms with E-state index in [0.717, 1.165) is 0 Å². The van der Waals surface area contributed by atoms with Gasteiger partial charge in [0.05, 0.1) is 0 Å². The molecule has 0 atom stereocenters. The number of aromatic nitrogens is 1. The molecular weight excluding hydrogens is 185 g/mol. The topological polar surface area (TPSA) is 30.0 Å². The van der Waals surface area contributed by atoms with Crippen molar-refractivity contribution in [2.45, 2.75) is 0 Å². The summed E-state index contributed by atoms with van der Waals surface area (Å²) < 4.78 is 9.98. The second-order valence-corrected chi connectivity index (χ2v) is 2.94. The molecule has 1 rings (SSSR count). The summed E-state index contributed by atoms with van der Waals surface area (Å²) in [4.78, 5) is 4.32. The van der Waals surface area contributed by atoms with E-state index in [1.54, 1.807) is 10.9 Å². The monoisotopic (exact) mass is 187 g/mol. The van der Waals surface area contributed by atoms with Crippen LogP contribution in [-0.2, 0) is 4.57 Å². The van der Waals surface area contributed by atoms with Crippen LogP contribution in [0.25, 0.3) is 0 Å². The summed E-state index contributed by atoms with van der Waals surface area (Å²) in [5, 5.41) is 1.79. The summed E-state index contributed by atoms with van der Waals surface area (Å²) in [6.45, 7) is 0. The average molecular weight is 187 g/mol. The minimum absolute atomic E-state index is 0.185. The molecule has 0 saturated heterocycles. The van der Waals surface area contributed by atoms with Gasteiger partial charge >= 0.3 is 68.1 Å². The summed E-state index contributed by atoms with van der Waals surface area (Å²) in [5.74, 6) is 0. The van der Waals surface area contributed by atoms with E-state index in [1.165, 1.54) is 11.3 Å². The first-order chi connectivity index (χ1) is 4.84. The van der Waals surface area contributed by atoms with Crippen molar-refractivity contribution in [2.24, 2.45) is 0 Å². The number of hydrogen-bond acceptors (Lipinski definition) is 4. The van der Waals surface area contributed by atoms with E-state index >= 15 is 0 Å². The molecule has 0 aliphatic rings. The van der Waals surface area contributed by atoms with E-state index in [1.807, 2.05) is 0 Å². The Balaban J connectivity index is 2.95. The summed E-state index contributed by atoms with van der Waals surface area (Å²) in [5.41, 5.74) is 4.78. The average Bonchev–Trinajstić information content (AvgIpc) is 2.38. The first-order valence-electron chi connectivity index (χ1n) is 2.35. The van der Waals surface area contributed by atoms with Crippen LogP contribution in [0.1, 0.15) is 5.69 Å². The van der Waals surface area contributed by atoms with E-state index in [-0.39, 0.29) is 7.92 Å². The number of rotatable bonds is 1. The summed E-state index contributed by atoms with van der Waals surface area (Å²) in [7, 11) is -0.185. The molecule has 0 radical (unpaired) electrons. The molecule has 0 N–H and O–H groups in total. The first kappa shape index (κ1) is 7.83. The molecule has 0 saturated carbocycles. The molecule has 0 spiro atoms. The van der Waals surface area contributed by atoms with Crippen LogP contribution in [0.15, 0.2) is 10.9 Å². The van der Waals surface area contributed by atoms with E-state index in [2.05, 4.69) is 10.6 Å². The molecule has 0 aliphatic carbocycles. The van der Waals surface area contributed by atoms with Crippen LogP contribution < -0.4 is 0 Å². The van der Waals surface area contributed by atoms with Crippen LogP contribution in [0.4, 0.5) is 0 Å². The van der Waals surface area contributed by atoms with Gasteiger partial charge in [0.2, 0.25) is 0 Å². The van der Waals surface area contributed by atoms with Gasteiger partial charge in [-0.05, 0) is 0 Å². The third-order valence-corrected chi connectivity index (χ3v) is 2.18. The van der Waals surface area contributed by atoms with Crippen molar-refractivity contribution in [1.29, 1.82) is 0 Å². The van der Waals surface area contributed by atoms with Gasteiger partial charge in [-0.3, -0.25) is 0 Å². The van der Waals surface area contributed by atoms with Crippen molar-refractivity contribution >= 4 is 36.3 Å². The number of thiazole rings is 1. The number of nitrogens with zero attached hydrogens (tertiary/aromatic N) is 1. The molecule has 0 amide bonds. The maximum atomic E-state index is 9.98. The molecule has 2 nitrogen and oxygen atoms in total. The fourth-order valence-electron chi connectivity index (χ4n) is 0.423. The molecule has 0 bridgehead atoms. The predicted octanol–water partition coefficient (Wildman–Crippen LogP) is 2.11. The van der Waals surface area contributed by atoms with Gasteiger partial charge in [0, 0.05) is 0 Å². The Labute approximate surface area is 68.4 Å². The van der Waals surface area contributed by atoms with Gasteiger partial charge in [-0.1, -0.05) is 0 Å². The second-order valence-electron chi connectivity index (χ2n) is 1.41. The molecule has 5 heteroatoms. The zero-order valence-electron chi connectivity index (χ0n) is 4.77. The Morgan fingerprint density at radius 1 is 1.90 bits per heavy atom. The van der Waals surface area contributed by atoms with E-state index in [0.29, 0.717) is 10.6 Å². The van der Waals surface area contributed by atoms with Crippen molar-refractivity contribution in [3.05, 3.63) is 16.6 Å². The molecule has 10 heavy (non-hydrogen) atoms. The van der Waals surface area contributed by atoms with Gasteiger partial charge < -0.3 is 0 Å². The van der Waals surface area contributed by atoms with Crippen molar-refractivity contribution in [3.8, 4) is 5.63 Å². The summed E-state index contributed by atoms with van der Waals surface area (Å²) >= 11 is 6.25. The van der Waals surface area contributed by atoms with Crippen molar-refractivity contribution < 1.29 is 4.57 Å². The zero-order chi connectivity index (χ0) is 7.40. The molecule has 0 unspecified atom stereocenters. The third-order valence-electron chi connectivity index (χ3n) is 0.812. The van der Waals surface area contributed by atoms with Crippen molar-refractivity contribution in [2.75, 3.05) is 0 Å². The molecule has 1 aromatic heterocycles. The van der Waals surface area contributed by atoms with Crippen LogP contribution in [0.3, 0.4) is 0 Å². The summed E-state index contributed by atoms with van der Waals surface area (Å²) in [6.07, 6.45) is 0. The molecule has 0 fully saturated rings. The number of thiocarbonyl (C=S) groups is 1. The Morgan fingerprint density at radius 2 is 2.70 bits per heavy atom. The fourth-order valence-corrected chi connectivity index (χ4v) is 1.46. The normalized spacial score (nSPS) is 8.40. The molecule has 1 heterocycles. The SMILES string of the molecule is O=P#CC(=S)c1cscn1. The first-order valence-corrected chi connectivity index (χ1v) is 4.52. The van der Waals surface area contributed by atoms with Crippen LogP contribution in [0, 0.1) is 5.63 Å². The van der Waals surface area contributed by atoms with Crippen LogP contribution in [-0.4, -0.2) is 9.85 Å². The molecule has 1 aromatic rings. The zero-order valence-corrected chi connectivity index (χ0v) is 7.30. The third kappa shape index (κ3) is 1.86. The molecule has 0 aromatic carbocycles. The fraction of sp³-hybridized carbons (Fsp3) is 0. The van der Waals surface area contributed by atoms with Crippen LogP contribution >= 0.6 is 31.5 Å². The van der Waals surface area contributed by atoms with Gasteiger partial charge in [0.25, 0.3) is 0 Å². The van der Waals surface area contributed by atoms with E-state index in [4.69, 9.17) is 12.2 Å². The number of hydrogen-bond donors (Lipinski definition) is 0. The Morgan fingerprint density at radius 3 is 3.20 bits per heavy atom. The van der Waals surface area contributed by atoms with Gasteiger partial charge in [0.15, 0.2) is 0 Å². The Hall–Kier alpha value is -0.270. The van der Waals surface area contributed by atoms with E-state index in [9.17, 15) is 4.57 Å². The van der Waals surface area contributed by atoms with E-state index < -0.39 is 0 Å². The maximum absolute atomic E-state index is 9.98.